The van der Waals surface area contributed by atoms with Crippen LogP contribution in [0.3, 0.4) is 0 Å². The molecule has 2 aromatic rings. The summed E-state index contributed by atoms with van der Waals surface area (Å²) in [5.74, 6) is 2.20. The molecule has 0 unspecified atom stereocenters. The highest BCUT2D eigenvalue weighted by molar-refractivity contribution is 5.96. The summed E-state index contributed by atoms with van der Waals surface area (Å²) in [7, 11) is 6.26. The van der Waals surface area contributed by atoms with Gasteiger partial charge in [-0.05, 0) is 37.1 Å². The molecule has 0 atom stereocenters. The number of amides is 2. The molecule has 2 aliphatic heterocycles. The van der Waals surface area contributed by atoms with E-state index in [1.807, 2.05) is 23.1 Å². The number of para-hydroxylation sites is 2. The third-order valence-electron chi connectivity index (χ3n) is 7.06. The number of hydrogen-bond acceptors (Lipinski definition) is 7. The van der Waals surface area contributed by atoms with Crippen LogP contribution in [-0.2, 0) is 4.79 Å². The number of carbonyl (C=O) groups excluding carboxylic acids is 2. The summed E-state index contributed by atoms with van der Waals surface area (Å²) in [6.45, 7) is 3.97. The Kier molecular flexibility index (Phi) is 8.07. The molecule has 2 amide bonds. The van der Waals surface area contributed by atoms with Crippen LogP contribution in [0.1, 0.15) is 23.2 Å². The zero-order valence-corrected chi connectivity index (χ0v) is 21.5. The lowest BCUT2D eigenvalue weighted by Gasteiger charge is -2.39. The van der Waals surface area contributed by atoms with Gasteiger partial charge in [-0.2, -0.15) is 0 Å². The largest absolute Gasteiger partial charge is 0.495 e. The fourth-order valence-corrected chi connectivity index (χ4v) is 5.03. The molecule has 0 radical (unpaired) electrons. The lowest BCUT2D eigenvalue weighted by Crippen LogP contribution is -2.52. The lowest BCUT2D eigenvalue weighted by molar-refractivity contribution is -0.137. The van der Waals surface area contributed by atoms with Crippen molar-refractivity contribution in [2.75, 3.05) is 72.6 Å². The minimum absolute atomic E-state index is 0.0631. The molecule has 9 heteroatoms. The number of piperazine rings is 1. The highest BCUT2D eigenvalue weighted by Gasteiger charge is 2.33. The first kappa shape index (κ1) is 25.5. The minimum atomic E-state index is -0.106. The van der Waals surface area contributed by atoms with Gasteiger partial charge in [-0.1, -0.05) is 12.1 Å². The topological polar surface area (TPSA) is 80.8 Å². The number of anilines is 1. The van der Waals surface area contributed by atoms with Crippen molar-refractivity contribution in [3.8, 4) is 23.0 Å². The van der Waals surface area contributed by atoms with Gasteiger partial charge in [-0.3, -0.25) is 9.59 Å². The second-order valence-electron chi connectivity index (χ2n) is 8.96. The first-order chi connectivity index (χ1) is 17.5. The van der Waals surface area contributed by atoms with Gasteiger partial charge in [0.2, 0.25) is 11.7 Å². The number of carbonyl (C=O) groups is 2. The van der Waals surface area contributed by atoms with Gasteiger partial charge < -0.3 is 33.6 Å². The number of benzene rings is 2. The number of hydrogen-bond donors (Lipinski definition) is 0. The number of nitrogens with zero attached hydrogens (tertiary/aromatic N) is 3. The summed E-state index contributed by atoms with van der Waals surface area (Å²) in [6, 6.07) is 11.3. The van der Waals surface area contributed by atoms with Crippen molar-refractivity contribution in [1.82, 2.24) is 9.80 Å². The maximum Gasteiger partial charge on any atom is 0.254 e. The molecule has 2 aliphatic rings. The van der Waals surface area contributed by atoms with Crippen molar-refractivity contribution in [3.63, 3.8) is 0 Å². The van der Waals surface area contributed by atoms with E-state index in [2.05, 4.69) is 11.0 Å². The van der Waals surface area contributed by atoms with Gasteiger partial charge in [0.1, 0.15) is 5.75 Å². The van der Waals surface area contributed by atoms with E-state index in [0.29, 0.717) is 61.8 Å². The summed E-state index contributed by atoms with van der Waals surface area (Å²) in [6.07, 6.45) is 1.31. The maximum absolute atomic E-state index is 13.2. The molecule has 0 N–H and O–H groups in total. The molecule has 0 aliphatic carbocycles. The Morgan fingerprint density at radius 1 is 0.722 bits per heavy atom. The van der Waals surface area contributed by atoms with E-state index in [0.717, 1.165) is 24.5 Å². The smallest absolute Gasteiger partial charge is 0.254 e. The van der Waals surface area contributed by atoms with Crippen LogP contribution in [0.4, 0.5) is 5.69 Å². The predicted octanol–water partition coefficient (Wildman–Crippen LogP) is 2.92. The van der Waals surface area contributed by atoms with Crippen molar-refractivity contribution in [1.29, 1.82) is 0 Å². The Labute approximate surface area is 212 Å². The SMILES string of the molecule is COc1ccccc1N1CCN(C(=O)C2CCN(C(=O)c3cc(OC)c(OC)c(OC)c3)CC2)CC1. The molecule has 36 heavy (non-hydrogen) atoms. The number of rotatable bonds is 7. The van der Waals surface area contributed by atoms with Crippen molar-refractivity contribution < 1.29 is 28.5 Å². The van der Waals surface area contributed by atoms with Gasteiger partial charge in [0, 0.05) is 50.7 Å². The second-order valence-corrected chi connectivity index (χ2v) is 8.96. The van der Waals surface area contributed by atoms with E-state index in [-0.39, 0.29) is 17.7 Å². The monoisotopic (exact) mass is 497 g/mol. The molecule has 9 nitrogen and oxygen atoms in total. The van der Waals surface area contributed by atoms with Crippen LogP contribution in [0.25, 0.3) is 0 Å². The summed E-state index contributed by atoms with van der Waals surface area (Å²) >= 11 is 0. The highest BCUT2D eigenvalue weighted by atomic mass is 16.5. The molecule has 2 aromatic carbocycles. The molecule has 4 rings (SSSR count). The van der Waals surface area contributed by atoms with E-state index in [4.69, 9.17) is 18.9 Å². The third-order valence-corrected chi connectivity index (χ3v) is 7.06. The molecule has 2 heterocycles. The lowest BCUT2D eigenvalue weighted by atomic mass is 9.94. The van der Waals surface area contributed by atoms with Gasteiger partial charge in [-0.15, -0.1) is 0 Å². The number of ether oxygens (including phenoxy) is 4. The van der Waals surface area contributed by atoms with Crippen molar-refractivity contribution in [2.45, 2.75) is 12.8 Å². The van der Waals surface area contributed by atoms with Crippen LogP contribution in [0.5, 0.6) is 23.0 Å². The summed E-state index contributed by atoms with van der Waals surface area (Å²) < 4.78 is 21.6. The minimum Gasteiger partial charge on any atom is -0.495 e. The Bertz CT molecular complexity index is 1050. The Morgan fingerprint density at radius 3 is 1.86 bits per heavy atom. The van der Waals surface area contributed by atoms with E-state index >= 15 is 0 Å². The standard InChI is InChI=1S/C27H35N3O6/c1-33-22-8-6-5-7-21(22)28-13-15-30(16-14-28)26(31)19-9-11-29(12-10-19)27(32)20-17-23(34-2)25(36-4)24(18-20)35-3/h5-8,17-19H,9-16H2,1-4H3. The van der Waals surface area contributed by atoms with Gasteiger partial charge in [0.25, 0.3) is 5.91 Å². The quantitative estimate of drug-likeness (QED) is 0.582. The van der Waals surface area contributed by atoms with E-state index in [9.17, 15) is 9.59 Å². The van der Waals surface area contributed by atoms with E-state index < -0.39 is 0 Å². The molecule has 0 spiro atoms. The molecule has 2 saturated heterocycles. The predicted molar refractivity (Wildman–Crippen MR) is 137 cm³/mol. The maximum atomic E-state index is 13.2. The van der Waals surface area contributed by atoms with Crippen molar-refractivity contribution >= 4 is 17.5 Å². The Balaban J connectivity index is 1.33. The van der Waals surface area contributed by atoms with Crippen LogP contribution >= 0.6 is 0 Å². The van der Waals surface area contributed by atoms with Gasteiger partial charge in [0.05, 0.1) is 34.1 Å². The second kappa shape index (κ2) is 11.4. The Hall–Kier alpha value is -3.62. The van der Waals surface area contributed by atoms with Gasteiger partial charge in [0.15, 0.2) is 11.5 Å². The van der Waals surface area contributed by atoms with Crippen molar-refractivity contribution in [2.24, 2.45) is 5.92 Å². The number of likely N-dealkylation sites (tertiary alicyclic amines) is 1. The van der Waals surface area contributed by atoms with E-state index in [1.54, 1.807) is 24.1 Å². The van der Waals surface area contributed by atoms with Crippen LogP contribution in [0.2, 0.25) is 0 Å². The number of methoxy groups -OCH3 is 4. The molecular formula is C27H35N3O6. The van der Waals surface area contributed by atoms with Gasteiger partial charge in [-0.25, -0.2) is 0 Å². The fraction of sp³-hybridized carbons (Fsp3) is 0.481. The van der Waals surface area contributed by atoms with Crippen LogP contribution < -0.4 is 23.8 Å². The van der Waals surface area contributed by atoms with Crippen LogP contribution in [-0.4, -0.2) is 89.3 Å². The zero-order valence-electron chi connectivity index (χ0n) is 21.5. The molecular weight excluding hydrogens is 462 g/mol. The summed E-state index contributed by atoms with van der Waals surface area (Å²) in [4.78, 5) is 32.5. The normalized spacial score (nSPS) is 16.5. The molecule has 2 fully saturated rings. The first-order valence-corrected chi connectivity index (χ1v) is 12.3. The van der Waals surface area contributed by atoms with Crippen LogP contribution in [0.15, 0.2) is 36.4 Å². The summed E-state index contributed by atoms with van der Waals surface area (Å²) in [5, 5.41) is 0. The first-order valence-electron chi connectivity index (χ1n) is 12.3. The zero-order chi connectivity index (χ0) is 25.7. The van der Waals surface area contributed by atoms with Crippen LogP contribution in [0, 0.1) is 5.92 Å². The fourth-order valence-electron chi connectivity index (χ4n) is 5.03. The van der Waals surface area contributed by atoms with E-state index in [1.165, 1.54) is 21.3 Å². The summed E-state index contributed by atoms with van der Waals surface area (Å²) in [5.41, 5.74) is 1.53. The highest BCUT2D eigenvalue weighted by Crippen LogP contribution is 2.38. The molecule has 194 valence electrons. The molecule has 0 aromatic heterocycles. The Morgan fingerprint density at radius 2 is 1.31 bits per heavy atom. The molecule has 0 bridgehead atoms. The molecule has 0 saturated carbocycles. The van der Waals surface area contributed by atoms with Gasteiger partial charge >= 0.3 is 0 Å². The number of piperidine rings is 1. The average Bonchev–Trinajstić information content (AvgIpc) is 2.95. The van der Waals surface area contributed by atoms with Crippen molar-refractivity contribution in [3.05, 3.63) is 42.0 Å². The third kappa shape index (κ3) is 5.15. The average molecular weight is 498 g/mol.